The standard InChI is InChI=1S/C17H24N2O2/c1-12-5-3-4-6-15(12)16-10-19(13(2)11-21-16)17(20)9-18-14-7-8-14/h3-6,13-14,16,18H,7-11H2,1-2H3/t13-,16-/m0/s1. The van der Waals surface area contributed by atoms with Crippen molar-refractivity contribution in [2.75, 3.05) is 19.7 Å². The predicted octanol–water partition coefficient (Wildman–Crippen LogP) is 2.04. The van der Waals surface area contributed by atoms with E-state index in [9.17, 15) is 4.79 Å². The molecule has 4 heteroatoms. The Hall–Kier alpha value is -1.39. The topological polar surface area (TPSA) is 41.6 Å². The zero-order valence-corrected chi connectivity index (χ0v) is 12.8. The lowest BCUT2D eigenvalue weighted by Crippen LogP contribution is -2.51. The summed E-state index contributed by atoms with van der Waals surface area (Å²) in [6, 6.07) is 8.98. The van der Waals surface area contributed by atoms with Crippen molar-refractivity contribution in [2.24, 2.45) is 0 Å². The highest BCUT2D eigenvalue weighted by molar-refractivity contribution is 5.78. The number of carbonyl (C=O) groups is 1. The van der Waals surface area contributed by atoms with Gasteiger partial charge in [-0.05, 0) is 37.8 Å². The highest BCUT2D eigenvalue weighted by Crippen LogP contribution is 2.27. The summed E-state index contributed by atoms with van der Waals surface area (Å²) >= 11 is 0. The fourth-order valence-corrected chi connectivity index (χ4v) is 2.86. The van der Waals surface area contributed by atoms with Crippen molar-refractivity contribution in [3.05, 3.63) is 35.4 Å². The van der Waals surface area contributed by atoms with Gasteiger partial charge in [0.2, 0.25) is 5.91 Å². The number of hydrogen-bond donors (Lipinski definition) is 1. The molecule has 1 aromatic carbocycles. The van der Waals surface area contributed by atoms with Gasteiger partial charge in [-0.25, -0.2) is 0 Å². The van der Waals surface area contributed by atoms with Gasteiger partial charge in [-0.3, -0.25) is 4.79 Å². The van der Waals surface area contributed by atoms with E-state index in [1.807, 2.05) is 17.0 Å². The molecule has 2 fully saturated rings. The summed E-state index contributed by atoms with van der Waals surface area (Å²) in [6.07, 6.45) is 2.41. The van der Waals surface area contributed by atoms with E-state index < -0.39 is 0 Å². The van der Waals surface area contributed by atoms with Crippen molar-refractivity contribution in [3.8, 4) is 0 Å². The van der Waals surface area contributed by atoms with Gasteiger partial charge in [0.25, 0.3) is 0 Å². The SMILES string of the molecule is Cc1ccccc1[C@@H]1CN(C(=O)CNC2CC2)[C@@H](C)CO1. The van der Waals surface area contributed by atoms with Gasteiger partial charge in [-0.15, -0.1) is 0 Å². The summed E-state index contributed by atoms with van der Waals surface area (Å²) in [5.74, 6) is 0.191. The minimum absolute atomic E-state index is 0.00715. The van der Waals surface area contributed by atoms with Crippen molar-refractivity contribution in [2.45, 2.75) is 44.9 Å². The molecule has 21 heavy (non-hydrogen) atoms. The van der Waals surface area contributed by atoms with Crippen LogP contribution in [0.25, 0.3) is 0 Å². The number of rotatable bonds is 4. The molecule has 2 aliphatic rings. The maximum absolute atomic E-state index is 12.4. The lowest BCUT2D eigenvalue weighted by molar-refractivity contribution is -0.143. The van der Waals surface area contributed by atoms with E-state index in [4.69, 9.17) is 4.74 Å². The Morgan fingerprint density at radius 2 is 2.14 bits per heavy atom. The van der Waals surface area contributed by atoms with E-state index >= 15 is 0 Å². The van der Waals surface area contributed by atoms with Crippen molar-refractivity contribution < 1.29 is 9.53 Å². The first kappa shape index (κ1) is 14.5. The number of ether oxygens (including phenoxy) is 1. The van der Waals surface area contributed by atoms with Crippen LogP contribution in [0.4, 0.5) is 0 Å². The van der Waals surface area contributed by atoms with Gasteiger partial charge >= 0.3 is 0 Å². The van der Waals surface area contributed by atoms with Crippen molar-refractivity contribution in [1.29, 1.82) is 0 Å². The summed E-state index contributed by atoms with van der Waals surface area (Å²) in [5, 5.41) is 3.31. The molecule has 0 unspecified atom stereocenters. The highest BCUT2D eigenvalue weighted by atomic mass is 16.5. The number of hydrogen-bond acceptors (Lipinski definition) is 3. The average Bonchev–Trinajstić information content (AvgIpc) is 3.30. The summed E-state index contributed by atoms with van der Waals surface area (Å²) in [7, 11) is 0. The molecule has 1 aliphatic heterocycles. The van der Waals surface area contributed by atoms with Gasteiger partial charge in [-0.2, -0.15) is 0 Å². The van der Waals surface area contributed by atoms with Crippen LogP contribution >= 0.6 is 0 Å². The third-order valence-corrected chi connectivity index (χ3v) is 4.41. The Bertz CT molecular complexity index is 513. The predicted molar refractivity (Wildman–Crippen MR) is 82.1 cm³/mol. The summed E-state index contributed by atoms with van der Waals surface area (Å²) in [4.78, 5) is 14.4. The molecule has 0 radical (unpaired) electrons. The first-order valence-electron chi connectivity index (χ1n) is 7.85. The van der Waals surface area contributed by atoms with Crippen LogP contribution in [0.3, 0.4) is 0 Å². The van der Waals surface area contributed by atoms with Gasteiger partial charge in [0, 0.05) is 6.04 Å². The summed E-state index contributed by atoms with van der Waals surface area (Å²) in [5.41, 5.74) is 2.41. The third kappa shape index (κ3) is 3.44. The van der Waals surface area contributed by atoms with Crippen LogP contribution in [0.15, 0.2) is 24.3 Å². The van der Waals surface area contributed by atoms with Gasteiger partial charge in [0.1, 0.15) is 6.10 Å². The van der Waals surface area contributed by atoms with Crippen LogP contribution < -0.4 is 5.32 Å². The molecular formula is C17H24N2O2. The lowest BCUT2D eigenvalue weighted by atomic mass is 10.0. The second kappa shape index (κ2) is 6.16. The average molecular weight is 288 g/mol. The fourth-order valence-electron chi connectivity index (χ4n) is 2.86. The summed E-state index contributed by atoms with van der Waals surface area (Å²) < 4.78 is 5.96. The first-order valence-corrected chi connectivity index (χ1v) is 7.85. The zero-order valence-electron chi connectivity index (χ0n) is 12.8. The van der Waals surface area contributed by atoms with Crippen LogP contribution in [0.5, 0.6) is 0 Å². The summed E-state index contributed by atoms with van der Waals surface area (Å²) in [6.45, 7) is 5.86. The van der Waals surface area contributed by atoms with Gasteiger partial charge in [0.05, 0.1) is 25.7 Å². The minimum Gasteiger partial charge on any atom is -0.370 e. The molecule has 3 rings (SSSR count). The smallest absolute Gasteiger partial charge is 0.236 e. The largest absolute Gasteiger partial charge is 0.370 e. The molecule has 1 heterocycles. The molecule has 0 bridgehead atoms. The Morgan fingerprint density at radius 1 is 1.38 bits per heavy atom. The van der Waals surface area contributed by atoms with Crippen LogP contribution in [0.2, 0.25) is 0 Å². The van der Waals surface area contributed by atoms with Crippen LogP contribution in [-0.4, -0.2) is 42.6 Å². The maximum Gasteiger partial charge on any atom is 0.236 e. The molecule has 4 nitrogen and oxygen atoms in total. The first-order chi connectivity index (χ1) is 10.1. The van der Waals surface area contributed by atoms with E-state index in [-0.39, 0.29) is 18.1 Å². The Balaban J connectivity index is 1.66. The van der Waals surface area contributed by atoms with E-state index in [0.717, 1.165) is 0 Å². The van der Waals surface area contributed by atoms with Crippen molar-refractivity contribution >= 4 is 5.91 Å². The van der Waals surface area contributed by atoms with Gasteiger partial charge in [-0.1, -0.05) is 24.3 Å². The second-order valence-corrected chi connectivity index (χ2v) is 6.23. The molecule has 1 aromatic rings. The number of nitrogens with zero attached hydrogens (tertiary/aromatic N) is 1. The molecule has 1 saturated carbocycles. The quantitative estimate of drug-likeness (QED) is 0.922. The molecule has 0 spiro atoms. The third-order valence-electron chi connectivity index (χ3n) is 4.41. The highest BCUT2D eigenvalue weighted by Gasteiger charge is 2.31. The molecule has 114 valence electrons. The number of carbonyl (C=O) groups excluding carboxylic acids is 1. The second-order valence-electron chi connectivity index (χ2n) is 6.23. The number of amides is 1. The minimum atomic E-state index is -0.00715. The van der Waals surface area contributed by atoms with Crippen LogP contribution in [-0.2, 0) is 9.53 Å². The Labute approximate surface area is 126 Å². The lowest BCUT2D eigenvalue weighted by Gasteiger charge is -2.38. The van der Waals surface area contributed by atoms with Crippen LogP contribution in [0.1, 0.15) is 37.0 Å². The van der Waals surface area contributed by atoms with E-state index in [2.05, 4.69) is 31.3 Å². The Morgan fingerprint density at radius 3 is 2.86 bits per heavy atom. The molecule has 1 saturated heterocycles. The molecule has 1 aliphatic carbocycles. The number of morpholine rings is 1. The molecular weight excluding hydrogens is 264 g/mol. The zero-order chi connectivity index (χ0) is 14.8. The molecule has 1 N–H and O–H groups in total. The monoisotopic (exact) mass is 288 g/mol. The number of benzene rings is 1. The molecule has 0 aromatic heterocycles. The number of aryl methyl sites for hydroxylation is 1. The normalized spacial score (nSPS) is 25.9. The van der Waals surface area contributed by atoms with E-state index in [1.165, 1.54) is 24.0 Å². The van der Waals surface area contributed by atoms with Crippen molar-refractivity contribution in [1.82, 2.24) is 10.2 Å². The molecule has 2 atom stereocenters. The van der Waals surface area contributed by atoms with Crippen molar-refractivity contribution in [3.63, 3.8) is 0 Å². The maximum atomic E-state index is 12.4. The fraction of sp³-hybridized carbons (Fsp3) is 0.588. The Kier molecular flexibility index (Phi) is 4.27. The van der Waals surface area contributed by atoms with E-state index in [1.54, 1.807) is 0 Å². The van der Waals surface area contributed by atoms with Gasteiger partial charge in [0.15, 0.2) is 0 Å². The van der Waals surface area contributed by atoms with E-state index in [0.29, 0.717) is 25.7 Å². The van der Waals surface area contributed by atoms with Gasteiger partial charge < -0.3 is 15.0 Å². The molecule has 1 amide bonds. The van der Waals surface area contributed by atoms with Crippen LogP contribution in [0, 0.1) is 6.92 Å². The number of nitrogens with one attached hydrogen (secondary N) is 1.